The molecule has 124 valence electrons. The van der Waals surface area contributed by atoms with Crippen LogP contribution in [0.5, 0.6) is 0 Å². The summed E-state index contributed by atoms with van der Waals surface area (Å²) in [6, 6.07) is 16.2. The van der Waals surface area contributed by atoms with Crippen molar-refractivity contribution in [3.05, 3.63) is 60.8 Å². The second kappa shape index (κ2) is 5.96. The lowest BCUT2D eigenvalue weighted by molar-refractivity contribution is 0.122. The summed E-state index contributed by atoms with van der Waals surface area (Å²) in [6.07, 6.45) is 1.62. The van der Waals surface area contributed by atoms with Crippen molar-refractivity contribution in [2.24, 2.45) is 0 Å². The molecule has 2 heterocycles. The first-order valence-corrected chi connectivity index (χ1v) is 9.35. The summed E-state index contributed by atoms with van der Waals surface area (Å²) in [5.41, 5.74) is 1.79. The standard InChI is InChI=1S/C18H18N2O3S/c21-24(22,17-4-2-1-3-5-17)20-9-8-15-14-16(6-7-18(15)20)19-10-12-23-13-11-19/h1-9,14H,10-13H2. The highest BCUT2D eigenvalue weighted by Gasteiger charge is 2.19. The van der Waals surface area contributed by atoms with Gasteiger partial charge in [0.15, 0.2) is 0 Å². The van der Waals surface area contributed by atoms with Crippen molar-refractivity contribution in [1.29, 1.82) is 0 Å². The van der Waals surface area contributed by atoms with Gasteiger partial charge in [0.1, 0.15) is 0 Å². The first kappa shape index (κ1) is 15.2. The Bertz CT molecular complexity index is 958. The summed E-state index contributed by atoms with van der Waals surface area (Å²) < 4.78 is 32.4. The van der Waals surface area contributed by atoms with E-state index in [1.54, 1.807) is 36.5 Å². The monoisotopic (exact) mass is 342 g/mol. The van der Waals surface area contributed by atoms with Crippen LogP contribution < -0.4 is 4.90 Å². The van der Waals surface area contributed by atoms with Gasteiger partial charge in [0, 0.05) is 30.4 Å². The normalized spacial score (nSPS) is 15.8. The summed E-state index contributed by atoms with van der Waals surface area (Å²) in [7, 11) is -3.58. The van der Waals surface area contributed by atoms with Gasteiger partial charge in [0.25, 0.3) is 10.0 Å². The molecule has 0 aliphatic carbocycles. The van der Waals surface area contributed by atoms with Crippen molar-refractivity contribution >= 4 is 26.6 Å². The fourth-order valence-electron chi connectivity index (χ4n) is 3.04. The highest BCUT2D eigenvalue weighted by molar-refractivity contribution is 7.90. The average Bonchev–Trinajstić information content (AvgIpc) is 3.07. The summed E-state index contributed by atoms with van der Waals surface area (Å²) in [6.45, 7) is 3.16. The maximum absolute atomic E-state index is 12.8. The topological polar surface area (TPSA) is 51.5 Å². The van der Waals surface area contributed by atoms with Crippen molar-refractivity contribution < 1.29 is 13.2 Å². The van der Waals surface area contributed by atoms with E-state index < -0.39 is 10.0 Å². The lowest BCUT2D eigenvalue weighted by atomic mass is 10.2. The highest BCUT2D eigenvalue weighted by Crippen LogP contribution is 2.26. The van der Waals surface area contributed by atoms with Crippen LogP contribution in [0.4, 0.5) is 5.69 Å². The minimum Gasteiger partial charge on any atom is -0.378 e. The molecule has 1 aliphatic rings. The molecule has 0 radical (unpaired) electrons. The lowest BCUT2D eigenvalue weighted by Gasteiger charge is -2.28. The SMILES string of the molecule is O=S(=O)(c1ccccc1)n1ccc2cc(N3CCOCC3)ccc21. The van der Waals surface area contributed by atoms with E-state index in [1.165, 1.54) is 3.97 Å². The number of nitrogens with zero attached hydrogens (tertiary/aromatic N) is 2. The van der Waals surface area contributed by atoms with Gasteiger partial charge in [0.2, 0.25) is 0 Å². The number of morpholine rings is 1. The molecular weight excluding hydrogens is 324 g/mol. The smallest absolute Gasteiger partial charge is 0.268 e. The van der Waals surface area contributed by atoms with Crippen molar-refractivity contribution in [3.63, 3.8) is 0 Å². The molecule has 5 nitrogen and oxygen atoms in total. The van der Waals surface area contributed by atoms with Crippen LogP contribution in [-0.2, 0) is 14.8 Å². The molecule has 3 aromatic rings. The minimum atomic E-state index is -3.58. The zero-order valence-electron chi connectivity index (χ0n) is 13.1. The van der Waals surface area contributed by atoms with E-state index in [0.717, 1.165) is 37.4 Å². The Labute approximate surface area is 141 Å². The molecule has 0 N–H and O–H groups in total. The van der Waals surface area contributed by atoms with Crippen LogP contribution in [0.15, 0.2) is 65.7 Å². The third-order valence-corrected chi connectivity index (χ3v) is 6.02. The van der Waals surface area contributed by atoms with Crippen LogP contribution in [0, 0.1) is 0 Å². The van der Waals surface area contributed by atoms with Gasteiger partial charge in [-0.25, -0.2) is 12.4 Å². The molecule has 24 heavy (non-hydrogen) atoms. The van der Waals surface area contributed by atoms with E-state index in [2.05, 4.69) is 4.90 Å². The minimum absolute atomic E-state index is 0.291. The van der Waals surface area contributed by atoms with Gasteiger partial charge in [-0.2, -0.15) is 0 Å². The van der Waals surface area contributed by atoms with Crippen LogP contribution in [0.1, 0.15) is 0 Å². The molecule has 0 spiro atoms. The summed E-state index contributed by atoms with van der Waals surface area (Å²) in [5, 5.41) is 0.915. The number of benzene rings is 2. The molecule has 2 aromatic carbocycles. The maximum Gasteiger partial charge on any atom is 0.268 e. The molecular formula is C18H18N2O3S. The van der Waals surface area contributed by atoms with E-state index >= 15 is 0 Å². The van der Waals surface area contributed by atoms with E-state index in [1.807, 2.05) is 24.3 Å². The fourth-order valence-corrected chi connectivity index (χ4v) is 4.41. The third kappa shape index (κ3) is 2.57. The van der Waals surface area contributed by atoms with Gasteiger partial charge >= 0.3 is 0 Å². The lowest BCUT2D eigenvalue weighted by Crippen LogP contribution is -2.36. The van der Waals surface area contributed by atoms with Crippen molar-refractivity contribution in [3.8, 4) is 0 Å². The number of hydrogen-bond acceptors (Lipinski definition) is 4. The van der Waals surface area contributed by atoms with E-state index in [-0.39, 0.29) is 0 Å². The average molecular weight is 342 g/mol. The number of aromatic nitrogens is 1. The van der Waals surface area contributed by atoms with E-state index in [0.29, 0.717) is 10.4 Å². The van der Waals surface area contributed by atoms with Crippen molar-refractivity contribution in [1.82, 2.24) is 3.97 Å². The first-order chi connectivity index (χ1) is 11.7. The van der Waals surface area contributed by atoms with Gasteiger partial charge < -0.3 is 9.64 Å². The second-order valence-corrected chi connectivity index (χ2v) is 7.59. The second-order valence-electron chi connectivity index (χ2n) is 5.77. The molecule has 0 atom stereocenters. The zero-order valence-corrected chi connectivity index (χ0v) is 13.9. The molecule has 1 fully saturated rings. The Morgan fingerprint density at radius 2 is 1.67 bits per heavy atom. The molecule has 1 aromatic heterocycles. The molecule has 4 rings (SSSR count). The van der Waals surface area contributed by atoms with Crippen LogP contribution >= 0.6 is 0 Å². The quantitative estimate of drug-likeness (QED) is 0.734. The molecule has 0 saturated carbocycles. The number of rotatable bonds is 3. The molecule has 0 amide bonds. The van der Waals surface area contributed by atoms with Gasteiger partial charge in [-0.15, -0.1) is 0 Å². The highest BCUT2D eigenvalue weighted by atomic mass is 32.2. The predicted octanol–water partition coefficient (Wildman–Crippen LogP) is 2.71. The van der Waals surface area contributed by atoms with Crippen molar-refractivity contribution in [2.45, 2.75) is 4.90 Å². The van der Waals surface area contributed by atoms with Crippen LogP contribution in [-0.4, -0.2) is 38.7 Å². The summed E-state index contributed by atoms with van der Waals surface area (Å²) in [5.74, 6) is 0. The fraction of sp³-hybridized carbons (Fsp3) is 0.222. The van der Waals surface area contributed by atoms with Crippen LogP contribution in [0.3, 0.4) is 0 Å². The van der Waals surface area contributed by atoms with E-state index in [9.17, 15) is 8.42 Å². The molecule has 6 heteroatoms. The zero-order chi connectivity index (χ0) is 16.6. The molecule has 1 saturated heterocycles. The third-order valence-electron chi connectivity index (χ3n) is 4.31. The summed E-state index contributed by atoms with van der Waals surface area (Å²) in [4.78, 5) is 2.55. The number of ether oxygens (including phenoxy) is 1. The van der Waals surface area contributed by atoms with E-state index in [4.69, 9.17) is 4.74 Å². The Morgan fingerprint density at radius 3 is 2.42 bits per heavy atom. The molecule has 0 unspecified atom stereocenters. The summed E-state index contributed by atoms with van der Waals surface area (Å²) >= 11 is 0. The van der Waals surface area contributed by atoms with Gasteiger partial charge in [0.05, 0.1) is 23.6 Å². The van der Waals surface area contributed by atoms with Crippen LogP contribution in [0.25, 0.3) is 10.9 Å². The van der Waals surface area contributed by atoms with Crippen molar-refractivity contribution in [2.75, 3.05) is 31.2 Å². The van der Waals surface area contributed by atoms with Gasteiger partial charge in [-0.05, 0) is 36.4 Å². The molecule has 1 aliphatic heterocycles. The largest absolute Gasteiger partial charge is 0.378 e. The van der Waals surface area contributed by atoms with Gasteiger partial charge in [-0.1, -0.05) is 18.2 Å². The number of hydrogen-bond donors (Lipinski definition) is 0. The Morgan fingerprint density at radius 1 is 0.917 bits per heavy atom. The van der Waals surface area contributed by atoms with Crippen LogP contribution in [0.2, 0.25) is 0 Å². The van der Waals surface area contributed by atoms with Gasteiger partial charge in [-0.3, -0.25) is 0 Å². The maximum atomic E-state index is 12.8. The molecule has 0 bridgehead atoms. The number of anilines is 1. The Kier molecular flexibility index (Phi) is 3.78. The number of fused-ring (bicyclic) bond motifs is 1. The predicted molar refractivity (Wildman–Crippen MR) is 94.0 cm³/mol. The Balaban J connectivity index is 1.76. The Hall–Kier alpha value is -2.31. The first-order valence-electron chi connectivity index (χ1n) is 7.91.